The molecule has 0 spiro atoms. The summed E-state index contributed by atoms with van der Waals surface area (Å²) in [5.41, 5.74) is 10.9. The molecule has 0 amide bonds. The van der Waals surface area contributed by atoms with Crippen molar-refractivity contribution in [2.75, 3.05) is 0 Å². The number of hydrogen-bond donors (Lipinski definition) is 1. The van der Waals surface area contributed by atoms with Crippen LogP contribution in [0, 0.1) is 18.8 Å². The second kappa shape index (κ2) is 4.40. The molecule has 2 aliphatic carbocycles. The fourth-order valence-corrected chi connectivity index (χ4v) is 5.21. The highest BCUT2D eigenvalue weighted by molar-refractivity contribution is 7.09. The third-order valence-electron chi connectivity index (χ3n) is 5.26. The molecule has 2 nitrogen and oxygen atoms in total. The van der Waals surface area contributed by atoms with Crippen molar-refractivity contribution < 1.29 is 0 Å². The van der Waals surface area contributed by atoms with Crippen LogP contribution < -0.4 is 5.73 Å². The van der Waals surface area contributed by atoms with Gasteiger partial charge < -0.3 is 5.73 Å². The number of fused-ring (bicyclic) bond motifs is 3. The van der Waals surface area contributed by atoms with Gasteiger partial charge in [-0.1, -0.05) is 24.3 Å². The van der Waals surface area contributed by atoms with E-state index in [1.165, 1.54) is 24.0 Å². The first-order valence-corrected chi connectivity index (χ1v) is 8.34. The molecule has 1 aromatic heterocycles. The lowest BCUT2D eigenvalue weighted by atomic mass is 9.80. The number of aromatic nitrogens is 1. The third-order valence-corrected chi connectivity index (χ3v) is 6.38. The fourth-order valence-electron chi connectivity index (χ4n) is 4.14. The second-order valence-corrected chi connectivity index (χ2v) is 7.23. The summed E-state index contributed by atoms with van der Waals surface area (Å²) in [4.78, 5) is 4.74. The lowest BCUT2D eigenvalue weighted by Crippen LogP contribution is -2.46. The predicted octanol–water partition coefficient (Wildman–Crippen LogP) is 3.43. The Morgan fingerprint density at radius 1 is 1.15 bits per heavy atom. The van der Waals surface area contributed by atoms with E-state index in [4.69, 9.17) is 10.7 Å². The summed E-state index contributed by atoms with van der Waals surface area (Å²) >= 11 is 1.75. The van der Waals surface area contributed by atoms with E-state index in [0.29, 0.717) is 11.8 Å². The molecule has 2 bridgehead atoms. The summed E-state index contributed by atoms with van der Waals surface area (Å²) < 4.78 is 0. The summed E-state index contributed by atoms with van der Waals surface area (Å²) in [6, 6.07) is 8.88. The molecule has 4 rings (SSSR count). The lowest BCUT2D eigenvalue weighted by Gasteiger charge is -2.33. The number of rotatable bonds is 1. The highest BCUT2D eigenvalue weighted by Crippen LogP contribution is 2.51. The van der Waals surface area contributed by atoms with E-state index < -0.39 is 0 Å². The van der Waals surface area contributed by atoms with Crippen LogP contribution in [0.25, 0.3) is 0 Å². The van der Waals surface area contributed by atoms with Gasteiger partial charge in [0.2, 0.25) is 0 Å². The van der Waals surface area contributed by atoms with E-state index in [9.17, 15) is 0 Å². The highest BCUT2D eigenvalue weighted by atomic mass is 32.1. The van der Waals surface area contributed by atoms with Gasteiger partial charge in [-0.25, -0.2) is 4.98 Å². The first kappa shape index (κ1) is 12.5. The van der Waals surface area contributed by atoms with Crippen molar-refractivity contribution >= 4 is 11.3 Å². The summed E-state index contributed by atoms with van der Waals surface area (Å²) in [7, 11) is 0. The van der Waals surface area contributed by atoms with Crippen molar-refractivity contribution in [3.8, 4) is 0 Å². The summed E-state index contributed by atoms with van der Waals surface area (Å²) in [6.45, 7) is 2.07. The number of thiazole rings is 1. The van der Waals surface area contributed by atoms with Crippen LogP contribution in [0.2, 0.25) is 0 Å². The van der Waals surface area contributed by atoms with Gasteiger partial charge in [-0.2, -0.15) is 0 Å². The number of hydrogen-bond acceptors (Lipinski definition) is 3. The van der Waals surface area contributed by atoms with Crippen molar-refractivity contribution in [3.05, 3.63) is 51.5 Å². The van der Waals surface area contributed by atoms with Crippen molar-refractivity contribution in [2.45, 2.75) is 38.1 Å². The quantitative estimate of drug-likeness (QED) is 0.871. The van der Waals surface area contributed by atoms with E-state index in [1.54, 1.807) is 11.3 Å². The molecule has 104 valence electrons. The molecule has 0 radical (unpaired) electrons. The van der Waals surface area contributed by atoms with Crippen LogP contribution in [0.15, 0.2) is 29.6 Å². The first-order chi connectivity index (χ1) is 9.68. The molecular weight excluding hydrogens is 264 g/mol. The molecule has 2 N–H and O–H groups in total. The average molecular weight is 284 g/mol. The van der Waals surface area contributed by atoms with Gasteiger partial charge in [-0.05, 0) is 55.6 Å². The third kappa shape index (κ3) is 1.69. The SMILES string of the molecule is Cc1csc(C2(N)C3CCC2Cc2ccccc2C3)n1. The maximum atomic E-state index is 6.97. The van der Waals surface area contributed by atoms with Crippen LogP contribution in [-0.4, -0.2) is 4.98 Å². The van der Waals surface area contributed by atoms with Gasteiger partial charge in [0.25, 0.3) is 0 Å². The molecule has 0 aliphatic heterocycles. The smallest absolute Gasteiger partial charge is 0.113 e. The van der Waals surface area contributed by atoms with Gasteiger partial charge in [-0.3, -0.25) is 0 Å². The molecule has 2 unspecified atom stereocenters. The Hall–Kier alpha value is -1.19. The van der Waals surface area contributed by atoms with Gasteiger partial charge >= 0.3 is 0 Å². The van der Waals surface area contributed by atoms with E-state index in [2.05, 4.69) is 36.6 Å². The summed E-state index contributed by atoms with van der Waals surface area (Å²) in [5, 5.41) is 3.30. The average Bonchev–Trinajstić information content (AvgIpc) is 2.94. The molecule has 3 heteroatoms. The molecule has 1 heterocycles. The number of benzene rings is 1. The zero-order chi connectivity index (χ0) is 13.7. The van der Waals surface area contributed by atoms with E-state index in [1.807, 2.05) is 0 Å². The number of aryl methyl sites for hydroxylation is 1. The van der Waals surface area contributed by atoms with E-state index >= 15 is 0 Å². The molecule has 1 fully saturated rings. The monoisotopic (exact) mass is 284 g/mol. The van der Waals surface area contributed by atoms with Crippen LogP contribution >= 0.6 is 11.3 Å². The Kier molecular flexibility index (Phi) is 2.76. The van der Waals surface area contributed by atoms with Crippen LogP contribution in [0.1, 0.15) is 34.7 Å². The lowest BCUT2D eigenvalue weighted by molar-refractivity contribution is 0.254. The maximum Gasteiger partial charge on any atom is 0.113 e. The molecule has 1 saturated carbocycles. The minimum Gasteiger partial charge on any atom is -0.319 e. The van der Waals surface area contributed by atoms with E-state index in [0.717, 1.165) is 23.5 Å². The molecule has 20 heavy (non-hydrogen) atoms. The minimum absolute atomic E-state index is 0.210. The Balaban J connectivity index is 1.81. The Bertz CT molecular complexity index is 613. The number of nitrogens with two attached hydrogens (primary N) is 1. The zero-order valence-corrected chi connectivity index (χ0v) is 12.6. The number of nitrogens with zero attached hydrogens (tertiary/aromatic N) is 1. The Morgan fingerprint density at radius 3 is 2.25 bits per heavy atom. The largest absolute Gasteiger partial charge is 0.319 e. The molecule has 0 saturated heterocycles. The zero-order valence-electron chi connectivity index (χ0n) is 11.8. The van der Waals surface area contributed by atoms with Crippen molar-refractivity contribution in [1.29, 1.82) is 0 Å². The van der Waals surface area contributed by atoms with Gasteiger partial charge in [0.05, 0.1) is 5.54 Å². The standard InChI is InChI=1S/C17H20N2S/c1-11-10-20-16(19-11)17(18)14-6-7-15(17)9-13-5-3-2-4-12(13)8-14/h2-5,10,14-15H,6-9,18H2,1H3. The van der Waals surface area contributed by atoms with Gasteiger partial charge in [0.1, 0.15) is 5.01 Å². The van der Waals surface area contributed by atoms with Crippen molar-refractivity contribution in [3.63, 3.8) is 0 Å². The molecule has 2 aromatic rings. The van der Waals surface area contributed by atoms with Crippen LogP contribution in [0.5, 0.6) is 0 Å². The van der Waals surface area contributed by atoms with Crippen LogP contribution in [-0.2, 0) is 18.4 Å². The molecule has 2 atom stereocenters. The van der Waals surface area contributed by atoms with E-state index in [-0.39, 0.29) is 5.54 Å². The molecular formula is C17H20N2S. The minimum atomic E-state index is -0.210. The Labute approximate surface area is 124 Å². The van der Waals surface area contributed by atoms with Crippen LogP contribution in [0.3, 0.4) is 0 Å². The van der Waals surface area contributed by atoms with Crippen molar-refractivity contribution in [1.82, 2.24) is 4.98 Å². The topological polar surface area (TPSA) is 38.9 Å². The van der Waals surface area contributed by atoms with Crippen molar-refractivity contribution in [2.24, 2.45) is 17.6 Å². The molecule has 1 aromatic carbocycles. The Morgan fingerprint density at radius 2 is 1.75 bits per heavy atom. The predicted molar refractivity (Wildman–Crippen MR) is 82.8 cm³/mol. The van der Waals surface area contributed by atoms with Gasteiger partial charge in [0.15, 0.2) is 0 Å². The van der Waals surface area contributed by atoms with Crippen LogP contribution in [0.4, 0.5) is 0 Å². The van der Waals surface area contributed by atoms with Gasteiger partial charge in [-0.15, -0.1) is 11.3 Å². The fraction of sp³-hybridized carbons (Fsp3) is 0.471. The summed E-state index contributed by atoms with van der Waals surface area (Å²) in [6.07, 6.45) is 4.71. The second-order valence-electron chi connectivity index (χ2n) is 6.38. The normalized spacial score (nSPS) is 31.9. The first-order valence-electron chi connectivity index (χ1n) is 7.46. The maximum absolute atomic E-state index is 6.97. The summed E-state index contributed by atoms with van der Waals surface area (Å²) in [5.74, 6) is 1.09. The molecule has 2 aliphatic rings. The van der Waals surface area contributed by atoms with Gasteiger partial charge in [0, 0.05) is 11.1 Å². The highest BCUT2D eigenvalue weighted by Gasteiger charge is 2.51.